The van der Waals surface area contributed by atoms with E-state index in [0.717, 1.165) is 39.0 Å². The van der Waals surface area contributed by atoms with E-state index >= 15 is 0 Å². The average molecular weight is 183 g/mol. The summed E-state index contributed by atoms with van der Waals surface area (Å²) in [6.07, 6.45) is 3.19. The molecule has 1 atom stereocenters. The van der Waals surface area contributed by atoms with Crippen LogP contribution in [0, 0.1) is 11.8 Å². The molecule has 2 heterocycles. The number of Topliss-reactive ketones (excluding diaryl/α,β-unsaturated/α-hetero) is 1. The third-order valence-corrected chi connectivity index (χ3v) is 3.18. The monoisotopic (exact) mass is 183 g/mol. The van der Waals surface area contributed by atoms with Gasteiger partial charge in [-0.1, -0.05) is 0 Å². The van der Waals surface area contributed by atoms with Crippen LogP contribution in [0.3, 0.4) is 0 Å². The molecule has 3 nitrogen and oxygen atoms in total. The fraction of sp³-hybridized carbons (Fsp3) is 0.900. The fourth-order valence-electron chi connectivity index (χ4n) is 2.38. The molecule has 2 rings (SSSR count). The molecule has 13 heavy (non-hydrogen) atoms. The SMILES string of the molecule is O=C1CNCCC1C1CCOCC1. The van der Waals surface area contributed by atoms with Crippen molar-refractivity contribution in [2.45, 2.75) is 19.3 Å². The van der Waals surface area contributed by atoms with Crippen LogP contribution in [0.2, 0.25) is 0 Å². The lowest BCUT2D eigenvalue weighted by Gasteiger charge is -2.31. The van der Waals surface area contributed by atoms with Crippen molar-refractivity contribution in [2.75, 3.05) is 26.3 Å². The average Bonchev–Trinajstić information content (AvgIpc) is 2.20. The van der Waals surface area contributed by atoms with Gasteiger partial charge in [-0.15, -0.1) is 0 Å². The standard InChI is InChI=1S/C10H17NO2/c12-10-7-11-4-1-9(10)8-2-5-13-6-3-8/h8-9,11H,1-7H2. The Labute approximate surface area is 78.8 Å². The summed E-state index contributed by atoms with van der Waals surface area (Å²) < 4.78 is 5.30. The highest BCUT2D eigenvalue weighted by molar-refractivity contribution is 5.83. The molecule has 2 saturated heterocycles. The van der Waals surface area contributed by atoms with Crippen LogP contribution in [0.1, 0.15) is 19.3 Å². The van der Waals surface area contributed by atoms with Crippen LogP contribution in [0.4, 0.5) is 0 Å². The first-order valence-corrected chi connectivity index (χ1v) is 5.19. The Morgan fingerprint density at radius 3 is 2.69 bits per heavy atom. The molecule has 0 aromatic carbocycles. The Morgan fingerprint density at radius 2 is 2.00 bits per heavy atom. The molecule has 0 aliphatic carbocycles. The molecule has 0 spiro atoms. The van der Waals surface area contributed by atoms with Crippen LogP contribution in [0.25, 0.3) is 0 Å². The zero-order valence-electron chi connectivity index (χ0n) is 7.92. The van der Waals surface area contributed by atoms with Gasteiger partial charge in [0.25, 0.3) is 0 Å². The van der Waals surface area contributed by atoms with E-state index in [2.05, 4.69) is 5.32 Å². The number of carbonyl (C=O) groups is 1. The van der Waals surface area contributed by atoms with Crippen molar-refractivity contribution in [2.24, 2.45) is 11.8 Å². The molecule has 0 aromatic heterocycles. The Hall–Kier alpha value is -0.410. The molecule has 74 valence electrons. The summed E-state index contributed by atoms with van der Waals surface area (Å²) in [5, 5.41) is 3.12. The lowest BCUT2D eigenvalue weighted by molar-refractivity contribution is -0.126. The van der Waals surface area contributed by atoms with Gasteiger partial charge in [0.15, 0.2) is 0 Å². The first kappa shape index (κ1) is 9.16. The zero-order chi connectivity index (χ0) is 9.10. The summed E-state index contributed by atoms with van der Waals surface area (Å²) in [5.41, 5.74) is 0. The Morgan fingerprint density at radius 1 is 1.23 bits per heavy atom. The third-order valence-electron chi connectivity index (χ3n) is 3.18. The largest absolute Gasteiger partial charge is 0.381 e. The molecule has 0 amide bonds. The third kappa shape index (κ3) is 2.09. The number of carbonyl (C=O) groups excluding carboxylic acids is 1. The molecule has 1 unspecified atom stereocenters. The molecule has 0 bridgehead atoms. The number of ether oxygens (including phenoxy) is 1. The van der Waals surface area contributed by atoms with Crippen molar-refractivity contribution in [3.63, 3.8) is 0 Å². The number of piperidine rings is 1. The number of nitrogens with one attached hydrogen (secondary N) is 1. The van der Waals surface area contributed by atoms with E-state index < -0.39 is 0 Å². The van der Waals surface area contributed by atoms with Gasteiger partial charge in [-0.2, -0.15) is 0 Å². The minimum absolute atomic E-state index is 0.324. The molecule has 0 aromatic rings. The minimum atomic E-state index is 0.324. The summed E-state index contributed by atoms with van der Waals surface area (Å²) in [7, 11) is 0. The summed E-state index contributed by atoms with van der Waals surface area (Å²) in [5.74, 6) is 1.34. The lowest BCUT2D eigenvalue weighted by Crippen LogP contribution is -2.41. The summed E-state index contributed by atoms with van der Waals surface area (Å²) in [6, 6.07) is 0. The summed E-state index contributed by atoms with van der Waals surface area (Å²) >= 11 is 0. The molecule has 2 fully saturated rings. The Balaban J connectivity index is 1.92. The highest BCUT2D eigenvalue weighted by Gasteiger charge is 2.30. The first-order valence-electron chi connectivity index (χ1n) is 5.19. The Bertz CT molecular complexity index is 187. The molecule has 3 heteroatoms. The highest BCUT2D eigenvalue weighted by Crippen LogP contribution is 2.27. The van der Waals surface area contributed by atoms with Gasteiger partial charge in [0, 0.05) is 19.1 Å². The topological polar surface area (TPSA) is 38.3 Å². The van der Waals surface area contributed by atoms with Crippen LogP contribution in [0.5, 0.6) is 0 Å². The number of rotatable bonds is 1. The van der Waals surface area contributed by atoms with Crippen molar-refractivity contribution in [3.8, 4) is 0 Å². The molecule has 0 radical (unpaired) electrons. The van der Waals surface area contributed by atoms with Gasteiger partial charge in [-0.3, -0.25) is 4.79 Å². The molecule has 2 aliphatic rings. The zero-order valence-corrected chi connectivity index (χ0v) is 7.92. The van der Waals surface area contributed by atoms with Crippen LogP contribution >= 0.6 is 0 Å². The summed E-state index contributed by atoms with van der Waals surface area (Å²) in [4.78, 5) is 11.6. The van der Waals surface area contributed by atoms with E-state index in [4.69, 9.17) is 4.74 Å². The van der Waals surface area contributed by atoms with Crippen molar-refractivity contribution in [3.05, 3.63) is 0 Å². The van der Waals surface area contributed by atoms with Gasteiger partial charge in [0.2, 0.25) is 0 Å². The van der Waals surface area contributed by atoms with Gasteiger partial charge in [-0.05, 0) is 31.7 Å². The number of hydrogen-bond acceptors (Lipinski definition) is 3. The second-order valence-corrected chi connectivity index (χ2v) is 3.99. The fourth-order valence-corrected chi connectivity index (χ4v) is 2.38. The normalized spacial score (nSPS) is 32.0. The van der Waals surface area contributed by atoms with Gasteiger partial charge in [-0.25, -0.2) is 0 Å². The van der Waals surface area contributed by atoms with Gasteiger partial charge < -0.3 is 10.1 Å². The molecule has 2 aliphatic heterocycles. The predicted molar refractivity (Wildman–Crippen MR) is 49.5 cm³/mol. The molecular weight excluding hydrogens is 166 g/mol. The Kier molecular flexibility index (Phi) is 2.96. The van der Waals surface area contributed by atoms with E-state index in [1.54, 1.807) is 0 Å². The summed E-state index contributed by atoms with van der Waals surface area (Å²) in [6.45, 7) is 3.29. The van der Waals surface area contributed by atoms with Gasteiger partial charge in [0.1, 0.15) is 5.78 Å². The highest BCUT2D eigenvalue weighted by atomic mass is 16.5. The van der Waals surface area contributed by atoms with Crippen molar-refractivity contribution in [1.29, 1.82) is 0 Å². The molecule has 0 saturated carbocycles. The van der Waals surface area contributed by atoms with Crippen LogP contribution in [0.15, 0.2) is 0 Å². The van der Waals surface area contributed by atoms with Gasteiger partial charge >= 0.3 is 0 Å². The van der Waals surface area contributed by atoms with E-state index in [9.17, 15) is 4.79 Å². The molecular formula is C10H17NO2. The van der Waals surface area contributed by atoms with Crippen LogP contribution < -0.4 is 5.32 Å². The lowest BCUT2D eigenvalue weighted by atomic mass is 9.80. The second-order valence-electron chi connectivity index (χ2n) is 3.99. The van der Waals surface area contributed by atoms with Crippen molar-refractivity contribution < 1.29 is 9.53 Å². The maximum absolute atomic E-state index is 11.6. The van der Waals surface area contributed by atoms with Crippen LogP contribution in [-0.2, 0) is 9.53 Å². The van der Waals surface area contributed by atoms with Crippen molar-refractivity contribution in [1.82, 2.24) is 5.32 Å². The quantitative estimate of drug-likeness (QED) is 0.646. The smallest absolute Gasteiger partial charge is 0.150 e. The van der Waals surface area contributed by atoms with E-state index in [0.29, 0.717) is 24.2 Å². The van der Waals surface area contributed by atoms with Gasteiger partial charge in [0.05, 0.1) is 6.54 Å². The van der Waals surface area contributed by atoms with Crippen LogP contribution in [-0.4, -0.2) is 32.1 Å². The van der Waals surface area contributed by atoms with Crippen molar-refractivity contribution >= 4 is 5.78 Å². The van der Waals surface area contributed by atoms with E-state index in [1.807, 2.05) is 0 Å². The van der Waals surface area contributed by atoms with E-state index in [-0.39, 0.29) is 0 Å². The number of hydrogen-bond donors (Lipinski definition) is 1. The maximum Gasteiger partial charge on any atom is 0.150 e. The molecule has 1 N–H and O–H groups in total. The maximum atomic E-state index is 11.6. The minimum Gasteiger partial charge on any atom is -0.381 e. The first-order chi connectivity index (χ1) is 6.38. The number of ketones is 1. The predicted octanol–water partition coefficient (Wildman–Crippen LogP) is 0.592. The van der Waals surface area contributed by atoms with E-state index in [1.165, 1.54) is 0 Å². The second kappa shape index (κ2) is 4.20.